The zero-order valence-corrected chi connectivity index (χ0v) is 7.42. The average Bonchev–Trinajstić information content (AvgIpc) is 2.04. The van der Waals surface area contributed by atoms with Crippen LogP contribution >= 0.6 is 0 Å². The van der Waals surface area contributed by atoms with Crippen molar-refractivity contribution in [1.82, 2.24) is 0 Å². The van der Waals surface area contributed by atoms with Crippen LogP contribution in [0.3, 0.4) is 0 Å². The van der Waals surface area contributed by atoms with E-state index in [-0.39, 0.29) is 0 Å². The van der Waals surface area contributed by atoms with E-state index in [9.17, 15) is 9.90 Å². The molecule has 0 bridgehead atoms. The SMILES string of the molecule is CCC1(C(=O)O)CCCC(O)C1. The smallest absolute Gasteiger partial charge is 0.309 e. The maximum Gasteiger partial charge on any atom is 0.309 e. The summed E-state index contributed by atoms with van der Waals surface area (Å²) in [7, 11) is 0. The number of hydrogen-bond donors (Lipinski definition) is 2. The zero-order valence-electron chi connectivity index (χ0n) is 7.42. The highest BCUT2D eigenvalue weighted by atomic mass is 16.4. The van der Waals surface area contributed by atoms with E-state index in [1.165, 1.54) is 0 Å². The third-order valence-corrected chi connectivity index (χ3v) is 2.95. The van der Waals surface area contributed by atoms with Crippen LogP contribution in [0.5, 0.6) is 0 Å². The van der Waals surface area contributed by atoms with E-state index in [1.54, 1.807) is 0 Å². The van der Waals surface area contributed by atoms with E-state index in [4.69, 9.17) is 5.11 Å². The molecule has 12 heavy (non-hydrogen) atoms. The van der Waals surface area contributed by atoms with E-state index in [0.29, 0.717) is 12.8 Å². The molecule has 1 rings (SSSR count). The molecule has 2 unspecified atom stereocenters. The maximum atomic E-state index is 10.9. The topological polar surface area (TPSA) is 57.5 Å². The highest BCUT2D eigenvalue weighted by Gasteiger charge is 2.40. The van der Waals surface area contributed by atoms with Crippen LogP contribution in [0.2, 0.25) is 0 Å². The lowest BCUT2D eigenvalue weighted by Crippen LogP contribution is -2.37. The molecule has 1 aliphatic rings. The molecule has 1 fully saturated rings. The van der Waals surface area contributed by atoms with Crippen molar-refractivity contribution in [2.45, 2.75) is 45.1 Å². The van der Waals surface area contributed by atoms with Crippen LogP contribution in [0.25, 0.3) is 0 Å². The van der Waals surface area contributed by atoms with Gasteiger partial charge in [-0.25, -0.2) is 0 Å². The minimum Gasteiger partial charge on any atom is -0.481 e. The highest BCUT2D eigenvalue weighted by Crippen LogP contribution is 2.39. The molecule has 3 nitrogen and oxygen atoms in total. The van der Waals surface area contributed by atoms with Gasteiger partial charge in [-0.15, -0.1) is 0 Å². The van der Waals surface area contributed by atoms with Gasteiger partial charge in [0.15, 0.2) is 0 Å². The third-order valence-electron chi connectivity index (χ3n) is 2.95. The molecular weight excluding hydrogens is 156 g/mol. The molecule has 2 N–H and O–H groups in total. The van der Waals surface area contributed by atoms with Gasteiger partial charge in [0.2, 0.25) is 0 Å². The Hall–Kier alpha value is -0.570. The Morgan fingerprint density at radius 2 is 2.33 bits per heavy atom. The molecule has 0 heterocycles. The van der Waals surface area contributed by atoms with Crippen molar-refractivity contribution in [3.05, 3.63) is 0 Å². The van der Waals surface area contributed by atoms with E-state index in [1.807, 2.05) is 6.92 Å². The fourth-order valence-corrected chi connectivity index (χ4v) is 2.00. The quantitative estimate of drug-likeness (QED) is 0.662. The number of rotatable bonds is 2. The van der Waals surface area contributed by atoms with Gasteiger partial charge < -0.3 is 10.2 Å². The summed E-state index contributed by atoms with van der Waals surface area (Å²) in [6.45, 7) is 1.88. The number of carboxylic acids is 1. The van der Waals surface area contributed by atoms with E-state index in [2.05, 4.69) is 0 Å². The van der Waals surface area contributed by atoms with Crippen LogP contribution < -0.4 is 0 Å². The molecule has 0 spiro atoms. The van der Waals surface area contributed by atoms with Crippen LogP contribution in [0.15, 0.2) is 0 Å². The number of carboxylic acid groups (broad SMARTS) is 1. The molecular formula is C9H16O3. The summed E-state index contributed by atoms with van der Waals surface area (Å²) in [5.41, 5.74) is -0.641. The molecule has 3 heteroatoms. The molecule has 70 valence electrons. The highest BCUT2D eigenvalue weighted by molar-refractivity contribution is 5.74. The Balaban J connectivity index is 2.71. The third kappa shape index (κ3) is 1.61. The molecule has 0 aliphatic heterocycles. The summed E-state index contributed by atoms with van der Waals surface area (Å²) in [4.78, 5) is 10.9. The van der Waals surface area contributed by atoms with Gasteiger partial charge in [-0.3, -0.25) is 4.79 Å². The van der Waals surface area contributed by atoms with Crippen LogP contribution in [-0.2, 0) is 4.79 Å². The van der Waals surface area contributed by atoms with Crippen molar-refractivity contribution in [3.63, 3.8) is 0 Å². The van der Waals surface area contributed by atoms with Crippen molar-refractivity contribution in [3.8, 4) is 0 Å². The number of aliphatic hydroxyl groups is 1. The predicted molar refractivity (Wildman–Crippen MR) is 44.8 cm³/mol. The first-order valence-corrected chi connectivity index (χ1v) is 4.52. The fraction of sp³-hybridized carbons (Fsp3) is 0.889. The molecule has 0 saturated heterocycles. The number of aliphatic carboxylic acids is 1. The van der Waals surface area contributed by atoms with Gasteiger partial charge in [-0.05, 0) is 32.1 Å². The Bertz CT molecular complexity index is 179. The van der Waals surface area contributed by atoms with Gasteiger partial charge in [0.05, 0.1) is 11.5 Å². The molecule has 0 amide bonds. The molecule has 2 atom stereocenters. The zero-order chi connectivity index (χ0) is 9.19. The average molecular weight is 172 g/mol. The Morgan fingerprint density at radius 3 is 2.67 bits per heavy atom. The van der Waals surface area contributed by atoms with Crippen LogP contribution in [0, 0.1) is 5.41 Å². The van der Waals surface area contributed by atoms with Gasteiger partial charge in [0, 0.05) is 0 Å². The monoisotopic (exact) mass is 172 g/mol. The summed E-state index contributed by atoms with van der Waals surface area (Å²) in [5, 5.41) is 18.4. The molecule has 0 radical (unpaired) electrons. The second kappa shape index (κ2) is 3.44. The first-order chi connectivity index (χ1) is 5.60. The lowest BCUT2D eigenvalue weighted by molar-refractivity contribution is -0.153. The summed E-state index contributed by atoms with van der Waals surface area (Å²) >= 11 is 0. The van der Waals surface area contributed by atoms with Crippen molar-refractivity contribution in [2.75, 3.05) is 0 Å². The molecule has 0 aromatic carbocycles. The van der Waals surface area contributed by atoms with Gasteiger partial charge in [-0.2, -0.15) is 0 Å². The lowest BCUT2D eigenvalue weighted by atomic mass is 9.71. The van der Waals surface area contributed by atoms with Gasteiger partial charge in [-0.1, -0.05) is 6.92 Å². The van der Waals surface area contributed by atoms with Crippen LogP contribution in [0.1, 0.15) is 39.0 Å². The number of aliphatic hydroxyl groups excluding tert-OH is 1. The van der Waals surface area contributed by atoms with Crippen molar-refractivity contribution in [1.29, 1.82) is 0 Å². The summed E-state index contributed by atoms with van der Waals surface area (Å²) in [6.07, 6.45) is 2.96. The number of carbonyl (C=O) groups is 1. The van der Waals surface area contributed by atoms with Crippen molar-refractivity contribution < 1.29 is 15.0 Å². The first kappa shape index (κ1) is 9.52. The molecule has 1 aliphatic carbocycles. The second-order valence-electron chi connectivity index (χ2n) is 3.69. The molecule has 0 aromatic rings. The van der Waals surface area contributed by atoms with E-state index in [0.717, 1.165) is 19.3 Å². The predicted octanol–water partition coefficient (Wildman–Crippen LogP) is 1.40. The lowest BCUT2D eigenvalue weighted by Gasteiger charge is -2.34. The Labute approximate surface area is 72.4 Å². The standard InChI is InChI=1S/C9H16O3/c1-2-9(8(11)12)5-3-4-7(10)6-9/h7,10H,2-6H2,1H3,(H,11,12). The second-order valence-corrected chi connectivity index (χ2v) is 3.69. The van der Waals surface area contributed by atoms with Gasteiger partial charge in [0.1, 0.15) is 0 Å². The van der Waals surface area contributed by atoms with Crippen LogP contribution in [-0.4, -0.2) is 22.3 Å². The maximum absolute atomic E-state index is 10.9. The van der Waals surface area contributed by atoms with Crippen LogP contribution in [0.4, 0.5) is 0 Å². The van der Waals surface area contributed by atoms with Crippen molar-refractivity contribution in [2.24, 2.45) is 5.41 Å². The Kier molecular flexibility index (Phi) is 2.73. The number of hydrogen-bond acceptors (Lipinski definition) is 2. The van der Waals surface area contributed by atoms with E-state index >= 15 is 0 Å². The molecule has 1 saturated carbocycles. The summed E-state index contributed by atoms with van der Waals surface area (Å²) < 4.78 is 0. The van der Waals surface area contributed by atoms with Crippen molar-refractivity contribution >= 4 is 5.97 Å². The summed E-state index contributed by atoms with van der Waals surface area (Å²) in [6, 6.07) is 0. The fourth-order valence-electron chi connectivity index (χ4n) is 2.00. The summed E-state index contributed by atoms with van der Waals surface area (Å²) in [5.74, 6) is -0.747. The normalized spacial score (nSPS) is 36.3. The van der Waals surface area contributed by atoms with Gasteiger partial charge in [0.25, 0.3) is 0 Å². The first-order valence-electron chi connectivity index (χ1n) is 4.52. The minimum atomic E-state index is -0.747. The van der Waals surface area contributed by atoms with E-state index < -0.39 is 17.5 Å². The largest absolute Gasteiger partial charge is 0.481 e. The minimum absolute atomic E-state index is 0.408. The Morgan fingerprint density at radius 1 is 1.67 bits per heavy atom. The molecule has 0 aromatic heterocycles. The van der Waals surface area contributed by atoms with Gasteiger partial charge >= 0.3 is 5.97 Å².